The number of benzene rings is 1. The number of carboxylic acid groups (broad SMARTS) is 1. The first-order chi connectivity index (χ1) is 9.99. The van der Waals surface area contributed by atoms with Gasteiger partial charge >= 0.3 is 5.97 Å². The molecular weight excluding hydrogens is 299 g/mol. The Balaban J connectivity index is 2.27. The third-order valence-electron chi connectivity index (χ3n) is 2.60. The third-order valence-corrected chi connectivity index (χ3v) is 3.66. The quantitative estimate of drug-likeness (QED) is 0.518. The molecule has 0 spiro atoms. The molecule has 0 atom stereocenters. The molecule has 0 aliphatic rings. The molecule has 1 N–H and O–H groups in total. The third kappa shape index (κ3) is 3.54. The number of aromatic nitrogens is 1. The number of nitro benzene ring substituents is 1. The summed E-state index contributed by atoms with van der Waals surface area (Å²) in [6.07, 6.45) is 1.43. The highest BCUT2D eigenvalue weighted by atomic mass is 32.2. The number of hydrogen-bond donors (Lipinski definition) is 1. The van der Waals surface area contributed by atoms with Gasteiger partial charge in [-0.15, -0.1) is 11.8 Å². The van der Waals surface area contributed by atoms with Crippen molar-refractivity contribution >= 4 is 23.4 Å². The molecule has 1 heterocycles. The fraction of sp³-hybridized carbons (Fsp3) is 0.0769. The van der Waals surface area contributed by atoms with Crippen molar-refractivity contribution in [2.45, 2.75) is 10.8 Å². The zero-order chi connectivity index (χ0) is 15.4. The number of thioether (sulfide) groups is 1. The van der Waals surface area contributed by atoms with Crippen molar-refractivity contribution in [1.29, 1.82) is 0 Å². The minimum atomic E-state index is -1.14. The minimum Gasteiger partial charge on any atom is -0.478 e. The molecule has 8 heteroatoms. The summed E-state index contributed by atoms with van der Waals surface area (Å²) < 4.78 is 13.2. The molecule has 2 rings (SSSR count). The number of nitro groups is 1. The van der Waals surface area contributed by atoms with Crippen LogP contribution in [0.1, 0.15) is 15.9 Å². The fourth-order valence-corrected chi connectivity index (χ4v) is 2.63. The summed E-state index contributed by atoms with van der Waals surface area (Å²) in [4.78, 5) is 25.2. The van der Waals surface area contributed by atoms with Crippen LogP contribution in [0.5, 0.6) is 0 Å². The average Bonchev–Trinajstić information content (AvgIpc) is 2.45. The first-order valence-electron chi connectivity index (χ1n) is 5.73. The van der Waals surface area contributed by atoms with Gasteiger partial charge in [0.05, 0.1) is 10.5 Å². The molecule has 0 aliphatic carbocycles. The maximum atomic E-state index is 13.2. The highest BCUT2D eigenvalue weighted by Crippen LogP contribution is 2.29. The second kappa shape index (κ2) is 6.31. The van der Waals surface area contributed by atoms with Gasteiger partial charge in [-0.3, -0.25) is 10.1 Å². The minimum absolute atomic E-state index is 0.00144. The Bertz CT molecular complexity index is 708. The van der Waals surface area contributed by atoms with E-state index in [2.05, 4.69) is 4.98 Å². The van der Waals surface area contributed by atoms with E-state index in [0.717, 1.165) is 30.0 Å². The van der Waals surface area contributed by atoms with E-state index in [0.29, 0.717) is 0 Å². The maximum Gasteiger partial charge on any atom is 0.338 e. The molecule has 0 unspecified atom stereocenters. The number of hydrogen-bond acceptors (Lipinski definition) is 5. The van der Waals surface area contributed by atoms with Gasteiger partial charge in [-0.05, 0) is 24.3 Å². The van der Waals surface area contributed by atoms with Crippen molar-refractivity contribution < 1.29 is 19.2 Å². The standard InChI is InChI=1S/C13H9FN2O4S/c14-9-3-4-11(16(19)20)8(6-9)7-21-12-10(13(17)18)2-1-5-15-12/h1-6H,7H2,(H,17,18). The van der Waals surface area contributed by atoms with Crippen molar-refractivity contribution in [3.63, 3.8) is 0 Å². The van der Waals surface area contributed by atoms with Gasteiger partial charge in [0.25, 0.3) is 5.69 Å². The van der Waals surface area contributed by atoms with Gasteiger partial charge in [0.15, 0.2) is 0 Å². The van der Waals surface area contributed by atoms with Crippen molar-refractivity contribution in [3.05, 3.63) is 63.6 Å². The Labute approximate surface area is 122 Å². The SMILES string of the molecule is O=C(O)c1cccnc1SCc1cc(F)ccc1[N+](=O)[O-]. The second-order valence-corrected chi connectivity index (χ2v) is 4.94. The monoisotopic (exact) mass is 308 g/mol. The summed E-state index contributed by atoms with van der Waals surface area (Å²) in [6.45, 7) is 0. The number of carboxylic acids is 1. The van der Waals surface area contributed by atoms with Crippen LogP contribution in [0.3, 0.4) is 0 Å². The number of carbonyl (C=O) groups is 1. The van der Waals surface area contributed by atoms with Crippen LogP contribution in [0, 0.1) is 15.9 Å². The molecule has 1 aromatic heterocycles. The average molecular weight is 308 g/mol. The molecule has 6 nitrogen and oxygen atoms in total. The molecule has 0 aliphatic heterocycles. The molecule has 0 bridgehead atoms. The zero-order valence-corrected chi connectivity index (χ0v) is 11.3. The Morgan fingerprint density at radius 2 is 2.19 bits per heavy atom. The van der Waals surface area contributed by atoms with Crippen LogP contribution in [0.15, 0.2) is 41.6 Å². The molecule has 0 saturated heterocycles. The Kier molecular flexibility index (Phi) is 4.49. The topological polar surface area (TPSA) is 93.3 Å². The van der Waals surface area contributed by atoms with Crippen LogP contribution in [0.2, 0.25) is 0 Å². The normalized spacial score (nSPS) is 10.3. The molecule has 21 heavy (non-hydrogen) atoms. The van der Waals surface area contributed by atoms with Crippen molar-refractivity contribution in [2.24, 2.45) is 0 Å². The molecule has 0 saturated carbocycles. The Morgan fingerprint density at radius 3 is 2.86 bits per heavy atom. The number of nitrogens with zero attached hydrogens (tertiary/aromatic N) is 2. The summed E-state index contributed by atoms with van der Waals surface area (Å²) in [7, 11) is 0. The molecule has 0 radical (unpaired) electrons. The Hall–Kier alpha value is -2.48. The predicted molar refractivity (Wildman–Crippen MR) is 73.8 cm³/mol. The number of pyridine rings is 1. The highest BCUT2D eigenvalue weighted by molar-refractivity contribution is 7.98. The van der Waals surface area contributed by atoms with Gasteiger partial charge < -0.3 is 5.11 Å². The molecule has 0 fully saturated rings. The van der Waals surface area contributed by atoms with Gasteiger partial charge in [-0.1, -0.05) is 0 Å². The van der Waals surface area contributed by atoms with E-state index in [4.69, 9.17) is 5.11 Å². The molecule has 2 aromatic rings. The molecule has 108 valence electrons. The van der Waals surface area contributed by atoms with Gasteiger partial charge in [0.2, 0.25) is 0 Å². The van der Waals surface area contributed by atoms with Crippen LogP contribution >= 0.6 is 11.8 Å². The van der Waals surface area contributed by atoms with Crippen molar-refractivity contribution in [3.8, 4) is 0 Å². The predicted octanol–water partition coefficient (Wildman–Crippen LogP) is 3.12. The summed E-state index contributed by atoms with van der Waals surface area (Å²) >= 11 is 1.01. The first kappa shape index (κ1) is 14.9. The van der Waals surface area contributed by atoms with Crippen LogP contribution in [-0.4, -0.2) is 21.0 Å². The lowest BCUT2D eigenvalue weighted by Crippen LogP contribution is -2.01. The van der Waals surface area contributed by atoms with E-state index in [1.807, 2.05) is 0 Å². The van der Waals surface area contributed by atoms with Crippen LogP contribution in [0.25, 0.3) is 0 Å². The van der Waals surface area contributed by atoms with Crippen molar-refractivity contribution in [2.75, 3.05) is 0 Å². The number of rotatable bonds is 5. The lowest BCUT2D eigenvalue weighted by atomic mass is 10.2. The number of aromatic carboxylic acids is 1. The molecule has 1 aromatic carbocycles. The maximum absolute atomic E-state index is 13.2. The Morgan fingerprint density at radius 1 is 1.43 bits per heavy atom. The van der Waals surface area contributed by atoms with Gasteiger partial charge in [0, 0.05) is 23.6 Å². The van der Waals surface area contributed by atoms with Crippen LogP contribution in [-0.2, 0) is 5.75 Å². The van der Waals surface area contributed by atoms with Crippen molar-refractivity contribution in [1.82, 2.24) is 4.98 Å². The van der Waals surface area contributed by atoms with Gasteiger partial charge in [-0.25, -0.2) is 14.2 Å². The summed E-state index contributed by atoms with van der Waals surface area (Å²) in [6, 6.07) is 6.03. The van der Waals surface area contributed by atoms with Gasteiger partial charge in [0.1, 0.15) is 10.8 Å². The lowest BCUT2D eigenvalue weighted by molar-refractivity contribution is -0.385. The van der Waals surface area contributed by atoms with E-state index in [9.17, 15) is 19.3 Å². The first-order valence-corrected chi connectivity index (χ1v) is 6.71. The van der Waals surface area contributed by atoms with E-state index >= 15 is 0 Å². The van der Waals surface area contributed by atoms with E-state index in [1.54, 1.807) is 0 Å². The van der Waals surface area contributed by atoms with E-state index in [1.165, 1.54) is 18.3 Å². The van der Waals surface area contributed by atoms with E-state index in [-0.39, 0.29) is 27.6 Å². The summed E-state index contributed by atoms with van der Waals surface area (Å²) in [5.41, 5.74) is -0.0368. The smallest absolute Gasteiger partial charge is 0.338 e. The summed E-state index contributed by atoms with van der Waals surface area (Å²) in [5.74, 6) is -1.68. The largest absolute Gasteiger partial charge is 0.478 e. The summed E-state index contributed by atoms with van der Waals surface area (Å²) in [5, 5.41) is 20.1. The molecular formula is C13H9FN2O4S. The fourth-order valence-electron chi connectivity index (χ4n) is 1.66. The lowest BCUT2D eigenvalue weighted by Gasteiger charge is -2.05. The number of halogens is 1. The highest BCUT2D eigenvalue weighted by Gasteiger charge is 2.17. The van der Waals surface area contributed by atoms with E-state index < -0.39 is 16.7 Å². The van der Waals surface area contributed by atoms with Gasteiger partial charge in [-0.2, -0.15) is 0 Å². The second-order valence-electron chi connectivity index (χ2n) is 3.98. The molecule has 0 amide bonds. The zero-order valence-electron chi connectivity index (χ0n) is 10.5. The van der Waals surface area contributed by atoms with Crippen LogP contribution < -0.4 is 0 Å². The van der Waals surface area contributed by atoms with Crippen LogP contribution in [0.4, 0.5) is 10.1 Å².